The van der Waals surface area contributed by atoms with Crippen molar-refractivity contribution in [1.82, 2.24) is 24.6 Å². The second kappa shape index (κ2) is 7.15. The maximum Gasteiger partial charge on any atom is 0.420 e. The number of amides is 1. The van der Waals surface area contributed by atoms with E-state index in [2.05, 4.69) is 15.4 Å². The Hall–Kier alpha value is -3.68. The van der Waals surface area contributed by atoms with Crippen LogP contribution in [0.5, 0.6) is 0 Å². The zero-order valence-corrected chi connectivity index (χ0v) is 15.4. The van der Waals surface area contributed by atoms with Crippen molar-refractivity contribution in [3.8, 4) is 5.69 Å². The van der Waals surface area contributed by atoms with Crippen molar-refractivity contribution < 1.29 is 9.21 Å². The van der Waals surface area contributed by atoms with Gasteiger partial charge >= 0.3 is 5.76 Å². The molecule has 0 spiro atoms. The lowest BCUT2D eigenvalue weighted by Crippen LogP contribution is -2.35. The zero-order valence-electron chi connectivity index (χ0n) is 15.4. The van der Waals surface area contributed by atoms with E-state index < -0.39 is 11.8 Å². The summed E-state index contributed by atoms with van der Waals surface area (Å²) in [4.78, 5) is 28.9. The number of hydrogen-bond acceptors (Lipinski definition) is 5. The lowest BCUT2D eigenvalue weighted by atomic mass is 10.1. The molecule has 2 aromatic carbocycles. The molecule has 2 atom stereocenters. The third-order valence-corrected chi connectivity index (χ3v) is 4.72. The lowest BCUT2D eigenvalue weighted by molar-refractivity contribution is -0.124. The molecular formula is C20H19N5O3. The van der Waals surface area contributed by atoms with Crippen molar-refractivity contribution in [2.45, 2.75) is 25.9 Å². The molecule has 2 heterocycles. The lowest BCUT2D eigenvalue weighted by Gasteiger charge is -2.18. The highest BCUT2D eigenvalue weighted by atomic mass is 16.4. The molecule has 8 heteroatoms. The molecule has 0 bridgehead atoms. The van der Waals surface area contributed by atoms with Crippen LogP contribution in [0.2, 0.25) is 0 Å². The van der Waals surface area contributed by atoms with Gasteiger partial charge in [-0.3, -0.25) is 9.36 Å². The smallest absolute Gasteiger partial charge is 0.408 e. The number of nitrogens with zero attached hydrogens (tertiary/aromatic N) is 4. The number of fused-ring (bicyclic) bond motifs is 1. The topological polar surface area (TPSA) is 95.0 Å². The largest absolute Gasteiger partial charge is 0.420 e. The molecule has 4 rings (SSSR count). The summed E-state index contributed by atoms with van der Waals surface area (Å²) in [5.41, 5.74) is 2.88. The summed E-state index contributed by atoms with van der Waals surface area (Å²) in [5.74, 6) is -0.810. The molecule has 0 aliphatic heterocycles. The molecule has 0 aliphatic carbocycles. The average Bonchev–Trinajstić information content (AvgIpc) is 3.34. The normalized spacial score (nSPS) is 13.4. The highest BCUT2D eigenvalue weighted by Crippen LogP contribution is 2.19. The first-order valence-electron chi connectivity index (χ1n) is 8.90. The van der Waals surface area contributed by atoms with E-state index in [0.29, 0.717) is 11.1 Å². The Labute approximate surface area is 160 Å². The van der Waals surface area contributed by atoms with Crippen LogP contribution in [0.1, 0.15) is 31.5 Å². The van der Waals surface area contributed by atoms with Crippen LogP contribution < -0.4 is 11.1 Å². The minimum atomic E-state index is -0.701. The Morgan fingerprint density at radius 1 is 1.11 bits per heavy atom. The Morgan fingerprint density at radius 2 is 1.86 bits per heavy atom. The van der Waals surface area contributed by atoms with Crippen molar-refractivity contribution in [2.24, 2.45) is 0 Å². The standard InChI is InChI=1S/C20H19N5O3/c1-13(15-7-9-16(10-8-15)24-12-21-11-22-24)23-19(26)14(2)25-17-5-3-4-6-18(17)28-20(25)27/h3-14H,1-2H3,(H,23,26)/t13-,14-/m0/s1. The maximum absolute atomic E-state index is 12.7. The van der Waals surface area contributed by atoms with E-state index in [1.54, 1.807) is 42.2 Å². The van der Waals surface area contributed by atoms with E-state index in [0.717, 1.165) is 11.3 Å². The highest BCUT2D eigenvalue weighted by molar-refractivity contribution is 5.83. The Kier molecular flexibility index (Phi) is 4.52. The fraction of sp³-hybridized carbons (Fsp3) is 0.200. The van der Waals surface area contributed by atoms with Gasteiger partial charge in [0.1, 0.15) is 18.7 Å². The second-order valence-corrected chi connectivity index (χ2v) is 6.54. The number of aromatic nitrogens is 4. The first-order chi connectivity index (χ1) is 13.5. The summed E-state index contributed by atoms with van der Waals surface area (Å²) in [6.45, 7) is 3.57. The average molecular weight is 377 g/mol. The van der Waals surface area contributed by atoms with Crippen molar-refractivity contribution in [1.29, 1.82) is 0 Å². The number of benzene rings is 2. The molecular weight excluding hydrogens is 358 g/mol. The summed E-state index contributed by atoms with van der Waals surface area (Å²) >= 11 is 0. The van der Waals surface area contributed by atoms with Gasteiger partial charge in [-0.1, -0.05) is 24.3 Å². The van der Waals surface area contributed by atoms with Crippen LogP contribution in [0.3, 0.4) is 0 Å². The van der Waals surface area contributed by atoms with Crippen LogP contribution in [0, 0.1) is 0 Å². The molecule has 0 saturated carbocycles. The summed E-state index contributed by atoms with van der Waals surface area (Å²) in [6.07, 6.45) is 3.09. The van der Waals surface area contributed by atoms with Gasteiger partial charge in [-0.15, -0.1) is 0 Å². The third-order valence-electron chi connectivity index (χ3n) is 4.72. The van der Waals surface area contributed by atoms with Crippen LogP contribution >= 0.6 is 0 Å². The van der Waals surface area contributed by atoms with Crippen LogP contribution in [0.4, 0.5) is 0 Å². The van der Waals surface area contributed by atoms with Gasteiger partial charge in [0, 0.05) is 0 Å². The predicted molar refractivity (Wildman–Crippen MR) is 103 cm³/mol. The molecule has 28 heavy (non-hydrogen) atoms. The van der Waals surface area contributed by atoms with Gasteiger partial charge in [0.2, 0.25) is 5.91 Å². The SMILES string of the molecule is C[C@H](NC(=O)[C@H](C)n1c(=O)oc2ccccc21)c1ccc(-n2cncn2)cc1. The van der Waals surface area contributed by atoms with E-state index in [9.17, 15) is 9.59 Å². The van der Waals surface area contributed by atoms with Gasteiger partial charge in [0.25, 0.3) is 0 Å². The van der Waals surface area contributed by atoms with Gasteiger partial charge in [0.05, 0.1) is 17.2 Å². The van der Waals surface area contributed by atoms with Crippen molar-refractivity contribution >= 4 is 17.0 Å². The van der Waals surface area contributed by atoms with Gasteiger partial charge < -0.3 is 9.73 Å². The number of para-hydroxylation sites is 2. The minimum absolute atomic E-state index is 0.228. The summed E-state index contributed by atoms with van der Waals surface area (Å²) in [5, 5.41) is 7.04. The van der Waals surface area contributed by atoms with E-state index in [-0.39, 0.29) is 11.9 Å². The molecule has 0 aliphatic rings. The predicted octanol–water partition coefficient (Wildman–Crippen LogP) is 2.61. The molecule has 1 amide bonds. The molecule has 0 radical (unpaired) electrons. The highest BCUT2D eigenvalue weighted by Gasteiger charge is 2.22. The second-order valence-electron chi connectivity index (χ2n) is 6.54. The number of carbonyl (C=O) groups is 1. The monoisotopic (exact) mass is 377 g/mol. The molecule has 1 N–H and O–H groups in total. The first-order valence-corrected chi connectivity index (χ1v) is 8.90. The Balaban J connectivity index is 1.51. The number of nitrogens with one attached hydrogen (secondary N) is 1. The Bertz CT molecular complexity index is 1160. The minimum Gasteiger partial charge on any atom is -0.408 e. The van der Waals surface area contributed by atoms with Crippen molar-refractivity contribution in [2.75, 3.05) is 0 Å². The summed E-state index contributed by atoms with van der Waals surface area (Å²) in [7, 11) is 0. The fourth-order valence-electron chi connectivity index (χ4n) is 3.14. The van der Waals surface area contributed by atoms with E-state index in [1.807, 2.05) is 31.2 Å². The van der Waals surface area contributed by atoms with Gasteiger partial charge in [-0.05, 0) is 43.7 Å². The van der Waals surface area contributed by atoms with E-state index in [1.165, 1.54) is 10.9 Å². The van der Waals surface area contributed by atoms with Gasteiger partial charge in [-0.2, -0.15) is 5.10 Å². The Morgan fingerprint density at radius 3 is 2.57 bits per heavy atom. The van der Waals surface area contributed by atoms with Crippen molar-refractivity contribution in [3.63, 3.8) is 0 Å². The fourth-order valence-corrected chi connectivity index (χ4v) is 3.14. The third kappa shape index (κ3) is 3.20. The molecule has 0 saturated heterocycles. The maximum atomic E-state index is 12.7. The number of hydrogen-bond donors (Lipinski definition) is 1. The van der Waals surface area contributed by atoms with Gasteiger partial charge in [0.15, 0.2) is 5.58 Å². The molecule has 8 nitrogen and oxygen atoms in total. The quantitative estimate of drug-likeness (QED) is 0.577. The van der Waals surface area contributed by atoms with Crippen LogP contribution in [0.15, 0.2) is 70.4 Å². The summed E-state index contributed by atoms with van der Waals surface area (Å²) < 4.78 is 8.25. The molecule has 0 unspecified atom stereocenters. The van der Waals surface area contributed by atoms with Gasteiger partial charge in [-0.25, -0.2) is 14.5 Å². The number of rotatable bonds is 5. The van der Waals surface area contributed by atoms with E-state index >= 15 is 0 Å². The van der Waals surface area contributed by atoms with Crippen LogP contribution in [-0.2, 0) is 4.79 Å². The number of oxazole rings is 1. The van der Waals surface area contributed by atoms with Crippen molar-refractivity contribution in [3.05, 3.63) is 77.3 Å². The molecule has 0 fully saturated rings. The zero-order chi connectivity index (χ0) is 19.7. The number of carbonyl (C=O) groups excluding carboxylic acids is 1. The summed E-state index contributed by atoms with van der Waals surface area (Å²) in [6, 6.07) is 13.8. The van der Waals surface area contributed by atoms with E-state index in [4.69, 9.17) is 4.42 Å². The molecule has 2 aromatic heterocycles. The molecule has 4 aromatic rings. The van der Waals surface area contributed by atoms with Crippen LogP contribution in [0.25, 0.3) is 16.8 Å². The van der Waals surface area contributed by atoms with Crippen LogP contribution in [-0.4, -0.2) is 25.2 Å². The molecule has 142 valence electrons. The first kappa shape index (κ1) is 17.7.